The average molecular weight is 485 g/mol. The van der Waals surface area contributed by atoms with E-state index in [0.717, 1.165) is 37.9 Å². The number of allylic oxidation sites excluding steroid dienone is 1. The van der Waals surface area contributed by atoms with Gasteiger partial charge in [-0.1, -0.05) is 33.3 Å². The van der Waals surface area contributed by atoms with Crippen molar-refractivity contribution in [3.8, 4) is 0 Å². The normalized spacial score (nSPS) is 52.9. The van der Waals surface area contributed by atoms with Crippen LogP contribution in [0, 0.1) is 46.3 Å². The van der Waals surface area contributed by atoms with Crippen molar-refractivity contribution < 1.29 is 28.6 Å². The fraction of sp³-hybridized carbons (Fsp3) is 0.828. The standard InChI is InChI=1S/C29H40O6/c1-15-6-9-29(33-14-15)16(2)25-23(35-29)12-20-24-21(31)11-18-10-19(34-17(3)30)7-8-27(18,4)26(24)22(32)13-28(20,25)5/h10,15-16,19-20,23-26H,6-9,11-14H2,1-5H3. The smallest absolute Gasteiger partial charge is 0.303 e. The predicted octanol–water partition coefficient (Wildman–Crippen LogP) is 4.64. The molecule has 2 aliphatic heterocycles. The minimum absolute atomic E-state index is 0.0530. The largest absolute Gasteiger partial charge is 0.458 e. The van der Waals surface area contributed by atoms with Crippen LogP contribution in [-0.2, 0) is 28.6 Å². The van der Waals surface area contributed by atoms with Crippen LogP contribution in [0.5, 0.6) is 0 Å². The van der Waals surface area contributed by atoms with E-state index in [1.165, 1.54) is 6.92 Å². The molecule has 0 radical (unpaired) electrons. The molecule has 0 N–H and O–H groups in total. The zero-order valence-electron chi connectivity index (χ0n) is 21.8. The van der Waals surface area contributed by atoms with Crippen molar-refractivity contribution in [2.45, 2.75) is 97.6 Å². The molecule has 0 aromatic rings. The van der Waals surface area contributed by atoms with E-state index in [2.05, 4.69) is 27.7 Å². The molecule has 6 nitrogen and oxygen atoms in total. The molecule has 11 unspecified atom stereocenters. The number of ether oxygens (including phenoxy) is 3. The second kappa shape index (κ2) is 7.74. The van der Waals surface area contributed by atoms with Gasteiger partial charge in [0, 0.05) is 43.9 Å². The Balaban J connectivity index is 1.31. The van der Waals surface area contributed by atoms with Crippen LogP contribution in [0.2, 0.25) is 0 Å². The Morgan fingerprint density at radius 2 is 1.89 bits per heavy atom. The van der Waals surface area contributed by atoms with Gasteiger partial charge in [-0.05, 0) is 60.3 Å². The van der Waals surface area contributed by atoms with Crippen molar-refractivity contribution in [2.24, 2.45) is 46.3 Å². The van der Waals surface area contributed by atoms with E-state index in [0.29, 0.717) is 25.2 Å². The third-order valence-corrected chi connectivity index (χ3v) is 11.2. The number of esters is 1. The molecule has 6 aliphatic rings. The van der Waals surface area contributed by atoms with E-state index in [9.17, 15) is 14.4 Å². The van der Waals surface area contributed by atoms with E-state index in [4.69, 9.17) is 14.2 Å². The minimum atomic E-state index is -0.525. The number of fused-ring (bicyclic) bond motifs is 7. The zero-order chi connectivity index (χ0) is 24.9. The maximum atomic E-state index is 14.0. The Kier molecular flexibility index (Phi) is 5.27. The fourth-order valence-corrected chi connectivity index (χ4v) is 9.54. The van der Waals surface area contributed by atoms with Crippen LogP contribution < -0.4 is 0 Å². The number of hydrogen-bond acceptors (Lipinski definition) is 6. The van der Waals surface area contributed by atoms with Gasteiger partial charge in [-0.3, -0.25) is 14.4 Å². The molecule has 35 heavy (non-hydrogen) atoms. The predicted molar refractivity (Wildman–Crippen MR) is 128 cm³/mol. The van der Waals surface area contributed by atoms with Crippen molar-refractivity contribution in [1.29, 1.82) is 0 Å². The number of Topliss-reactive ketones (excluding diaryl/α,β-unsaturated/α-hetero) is 2. The van der Waals surface area contributed by atoms with E-state index in [1.807, 2.05) is 6.08 Å². The van der Waals surface area contributed by atoms with Gasteiger partial charge in [0.2, 0.25) is 0 Å². The molecule has 2 saturated heterocycles. The summed E-state index contributed by atoms with van der Waals surface area (Å²) in [6.07, 6.45) is 6.96. The van der Waals surface area contributed by atoms with Crippen molar-refractivity contribution in [3.05, 3.63) is 11.6 Å². The molecule has 0 aromatic heterocycles. The Morgan fingerprint density at radius 3 is 2.57 bits per heavy atom. The highest BCUT2D eigenvalue weighted by Crippen LogP contribution is 2.69. The van der Waals surface area contributed by atoms with Gasteiger partial charge in [0.25, 0.3) is 0 Å². The Morgan fingerprint density at radius 1 is 1.11 bits per heavy atom. The van der Waals surface area contributed by atoms with Crippen molar-refractivity contribution in [1.82, 2.24) is 0 Å². The lowest BCUT2D eigenvalue weighted by molar-refractivity contribution is -0.272. The van der Waals surface area contributed by atoms with Gasteiger partial charge in [0.05, 0.1) is 12.7 Å². The zero-order valence-corrected chi connectivity index (χ0v) is 21.8. The molecule has 4 aliphatic carbocycles. The van der Waals surface area contributed by atoms with Crippen LogP contribution in [0.25, 0.3) is 0 Å². The van der Waals surface area contributed by atoms with Gasteiger partial charge in [-0.15, -0.1) is 0 Å². The Bertz CT molecular complexity index is 991. The summed E-state index contributed by atoms with van der Waals surface area (Å²) < 4.78 is 18.6. The molecule has 6 heteroatoms. The highest BCUT2D eigenvalue weighted by atomic mass is 16.7. The second-order valence-corrected chi connectivity index (χ2v) is 13.2. The van der Waals surface area contributed by atoms with Gasteiger partial charge < -0.3 is 14.2 Å². The maximum absolute atomic E-state index is 14.0. The molecule has 2 heterocycles. The first-order valence-electron chi connectivity index (χ1n) is 13.7. The number of carbonyl (C=O) groups excluding carboxylic acids is 3. The summed E-state index contributed by atoms with van der Waals surface area (Å²) in [5.74, 6) is 0.260. The summed E-state index contributed by atoms with van der Waals surface area (Å²) in [6.45, 7) is 11.1. The molecule has 3 saturated carbocycles. The third-order valence-electron chi connectivity index (χ3n) is 11.2. The van der Waals surface area contributed by atoms with Crippen molar-refractivity contribution >= 4 is 17.5 Å². The van der Waals surface area contributed by atoms with Crippen molar-refractivity contribution in [2.75, 3.05) is 6.61 Å². The molecule has 0 bridgehead atoms. The molecule has 5 fully saturated rings. The topological polar surface area (TPSA) is 78.9 Å². The summed E-state index contributed by atoms with van der Waals surface area (Å²) in [4.78, 5) is 39.3. The summed E-state index contributed by atoms with van der Waals surface area (Å²) >= 11 is 0. The first kappa shape index (κ1) is 23.8. The van der Waals surface area contributed by atoms with E-state index in [1.54, 1.807) is 0 Å². The van der Waals surface area contributed by atoms with E-state index >= 15 is 0 Å². The quantitative estimate of drug-likeness (QED) is 0.398. The van der Waals surface area contributed by atoms with Crippen LogP contribution >= 0.6 is 0 Å². The second-order valence-electron chi connectivity index (χ2n) is 13.2. The summed E-state index contributed by atoms with van der Waals surface area (Å²) in [5, 5.41) is 0. The van der Waals surface area contributed by atoms with Gasteiger partial charge in [-0.25, -0.2) is 0 Å². The number of hydrogen-bond donors (Lipinski definition) is 0. The Hall–Kier alpha value is -1.53. The van der Waals surface area contributed by atoms with E-state index < -0.39 is 5.79 Å². The third kappa shape index (κ3) is 3.24. The SMILES string of the molecule is CC(=O)OC1C=C2CC(=O)C3C(C(=O)CC4(C)C3CC3OC5(CCC(C)CO5)C(C)C34)C2(C)CC1. The van der Waals surface area contributed by atoms with Crippen molar-refractivity contribution in [3.63, 3.8) is 0 Å². The Labute approximate surface area is 208 Å². The summed E-state index contributed by atoms with van der Waals surface area (Å²) in [5.41, 5.74) is 0.437. The van der Waals surface area contributed by atoms with Crippen LogP contribution in [-0.4, -0.2) is 42.1 Å². The molecule has 11 atom stereocenters. The maximum Gasteiger partial charge on any atom is 0.303 e. The molecular formula is C29H40O6. The molecule has 0 aromatic carbocycles. The van der Waals surface area contributed by atoms with Gasteiger partial charge >= 0.3 is 5.97 Å². The molecule has 0 amide bonds. The highest BCUT2D eigenvalue weighted by Gasteiger charge is 2.71. The van der Waals surface area contributed by atoms with Gasteiger partial charge in [0.15, 0.2) is 5.79 Å². The average Bonchev–Trinajstić information content (AvgIpc) is 3.21. The molecular weight excluding hydrogens is 444 g/mol. The minimum Gasteiger partial charge on any atom is -0.458 e. The first-order valence-corrected chi connectivity index (χ1v) is 13.7. The molecule has 6 rings (SSSR count). The van der Waals surface area contributed by atoms with Crippen LogP contribution in [0.15, 0.2) is 11.6 Å². The van der Waals surface area contributed by atoms with Crippen LogP contribution in [0.1, 0.15) is 79.6 Å². The lowest BCUT2D eigenvalue weighted by Crippen LogP contribution is -2.59. The van der Waals surface area contributed by atoms with Crippen LogP contribution in [0.4, 0.5) is 0 Å². The van der Waals surface area contributed by atoms with Gasteiger partial charge in [0.1, 0.15) is 17.7 Å². The number of rotatable bonds is 1. The first-order chi connectivity index (χ1) is 16.5. The fourth-order valence-electron chi connectivity index (χ4n) is 9.54. The summed E-state index contributed by atoms with van der Waals surface area (Å²) in [7, 11) is 0. The highest BCUT2D eigenvalue weighted by molar-refractivity contribution is 5.96. The molecule has 192 valence electrons. The van der Waals surface area contributed by atoms with E-state index in [-0.39, 0.29) is 70.2 Å². The lowest BCUT2D eigenvalue weighted by Gasteiger charge is -2.57. The summed E-state index contributed by atoms with van der Waals surface area (Å²) in [6, 6.07) is 0. The number of carbonyl (C=O) groups is 3. The lowest BCUT2D eigenvalue weighted by atomic mass is 9.45. The monoisotopic (exact) mass is 484 g/mol. The number of ketones is 2. The van der Waals surface area contributed by atoms with Crippen LogP contribution in [0.3, 0.4) is 0 Å². The molecule has 1 spiro atoms. The van der Waals surface area contributed by atoms with Gasteiger partial charge in [-0.2, -0.15) is 0 Å².